The SMILES string of the molecule is CCNCCCNCc1cccc(Oc2ncccn2)c1. The Balaban J connectivity index is 1.78. The zero-order chi connectivity index (χ0) is 14.8. The summed E-state index contributed by atoms with van der Waals surface area (Å²) in [7, 11) is 0. The lowest BCUT2D eigenvalue weighted by Gasteiger charge is -2.07. The van der Waals surface area contributed by atoms with E-state index in [0.29, 0.717) is 6.01 Å². The van der Waals surface area contributed by atoms with Crippen LogP contribution in [0.4, 0.5) is 0 Å². The molecule has 0 saturated heterocycles. The highest BCUT2D eigenvalue weighted by Gasteiger charge is 2.00. The van der Waals surface area contributed by atoms with Crippen LogP contribution < -0.4 is 15.4 Å². The molecule has 0 saturated carbocycles. The summed E-state index contributed by atoms with van der Waals surface area (Å²) in [6, 6.07) is 10.1. The molecule has 0 fully saturated rings. The molecule has 1 aromatic heterocycles. The van der Waals surface area contributed by atoms with Gasteiger partial charge in [0.2, 0.25) is 0 Å². The van der Waals surface area contributed by atoms with Crippen LogP contribution in [0.15, 0.2) is 42.7 Å². The van der Waals surface area contributed by atoms with Crippen molar-refractivity contribution < 1.29 is 4.74 Å². The van der Waals surface area contributed by atoms with Gasteiger partial charge in [0.15, 0.2) is 0 Å². The van der Waals surface area contributed by atoms with Gasteiger partial charge in [0.25, 0.3) is 0 Å². The Morgan fingerprint density at radius 2 is 1.86 bits per heavy atom. The fourth-order valence-corrected chi connectivity index (χ4v) is 1.91. The van der Waals surface area contributed by atoms with Crippen molar-refractivity contribution in [1.29, 1.82) is 0 Å². The molecule has 0 atom stereocenters. The van der Waals surface area contributed by atoms with Crippen LogP contribution in [0, 0.1) is 0 Å². The molecule has 5 nitrogen and oxygen atoms in total. The number of aromatic nitrogens is 2. The summed E-state index contributed by atoms with van der Waals surface area (Å²) in [4.78, 5) is 8.10. The first-order valence-corrected chi connectivity index (χ1v) is 7.33. The maximum Gasteiger partial charge on any atom is 0.321 e. The number of nitrogens with zero attached hydrogens (tertiary/aromatic N) is 2. The van der Waals surface area contributed by atoms with Crippen LogP contribution >= 0.6 is 0 Å². The molecule has 1 heterocycles. The largest absolute Gasteiger partial charge is 0.424 e. The first-order chi connectivity index (χ1) is 10.4. The normalized spacial score (nSPS) is 10.5. The molecule has 0 aliphatic carbocycles. The Morgan fingerprint density at radius 1 is 1.05 bits per heavy atom. The van der Waals surface area contributed by atoms with Crippen molar-refractivity contribution in [2.75, 3.05) is 19.6 Å². The Bertz CT molecular complexity index is 519. The Kier molecular flexibility index (Phi) is 6.64. The van der Waals surface area contributed by atoms with E-state index in [1.165, 1.54) is 5.56 Å². The lowest BCUT2D eigenvalue weighted by atomic mass is 10.2. The Labute approximate surface area is 125 Å². The van der Waals surface area contributed by atoms with E-state index >= 15 is 0 Å². The van der Waals surface area contributed by atoms with E-state index in [2.05, 4.69) is 33.6 Å². The second-order valence-corrected chi connectivity index (χ2v) is 4.66. The van der Waals surface area contributed by atoms with Crippen LogP contribution in [0.1, 0.15) is 18.9 Å². The molecule has 0 amide bonds. The topological polar surface area (TPSA) is 59.1 Å². The van der Waals surface area contributed by atoms with Gasteiger partial charge in [-0.3, -0.25) is 0 Å². The van der Waals surface area contributed by atoms with Crippen LogP contribution in [-0.2, 0) is 6.54 Å². The van der Waals surface area contributed by atoms with E-state index < -0.39 is 0 Å². The first-order valence-electron chi connectivity index (χ1n) is 7.33. The summed E-state index contributed by atoms with van der Waals surface area (Å²) in [6.45, 7) is 6.03. The molecule has 0 aliphatic rings. The molecular weight excluding hydrogens is 264 g/mol. The average Bonchev–Trinajstić information content (AvgIpc) is 2.52. The highest BCUT2D eigenvalue weighted by atomic mass is 16.5. The number of hydrogen-bond acceptors (Lipinski definition) is 5. The molecular formula is C16H22N4O. The lowest BCUT2D eigenvalue weighted by Crippen LogP contribution is -2.21. The Morgan fingerprint density at radius 3 is 2.67 bits per heavy atom. The van der Waals surface area contributed by atoms with Gasteiger partial charge >= 0.3 is 6.01 Å². The Hall–Kier alpha value is -1.98. The summed E-state index contributed by atoms with van der Waals surface area (Å²) in [6.07, 6.45) is 4.46. The minimum Gasteiger partial charge on any atom is -0.424 e. The monoisotopic (exact) mass is 286 g/mol. The number of benzene rings is 1. The second kappa shape index (κ2) is 9.05. The van der Waals surface area contributed by atoms with Crippen LogP contribution in [0.25, 0.3) is 0 Å². The predicted octanol–water partition coefficient (Wildman–Crippen LogP) is 2.36. The fourth-order valence-electron chi connectivity index (χ4n) is 1.91. The summed E-state index contributed by atoms with van der Waals surface area (Å²) < 4.78 is 5.62. The quantitative estimate of drug-likeness (QED) is 0.693. The van der Waals surface area contributed by atoms with Gasteiger partial charge in [-0.25, -0.2) is 9.97 Å². The zero-order valence-corrected chi connectivity index (χ0v) is 12.4. The van der Waals surface area contributed by atoms with Crippen molar-refractivity contribution in [3.8, 4) is 11.8 Å². The van der Waals surface area contributed by atoms with E-state index in [1.807, 2.05) is 18.2 Å². The van der Waals surface area contributed by atoms with Crippen LogP contribution in [0.2, 0.25) is 0 Å². The molecule has 1 aromatic carbocycles. The number of nitrogens with one attached hydrogen (secondary N) is 2. The van der Waals surface area contributed by atoms with E-state index in [-0.39, 0.29) is 0 Å². The van der Waals surface area contributed by atoms with Gasteiger partial charge in [0.1, 0.15) is 5.75 Å². The van der Waals surface area contributed by atoms with E-state index in [9.17, 15) is 0 Å². The molecule has 0 unspecified atom stereocenters. The molecule has 2 N–H and O–H groups in total. The van der Waals surface area contributed by atoms with Crippen molar-refractivity contribution >= 4 is 0 Å². The summed E-state index contributed by atoms with van der Waals surface area (Å²) in [5.41, 5.74) is 1.19. The maximum atomic E-state index is 5.62. The lowest BCUT2D eigenvalue weighted by molar-refractivity contribution is 0.441. The van der Waals surface area contributed by atoms with Gasteiger partial charge in [0, 0.05) is 18.9 Å². The van der Waals surface area contributed by atoms with Crippen LogP contribution in [-0.4, -0.2) is 29.6 Å². The molecule has 112 valence electrons. The van der Waals surface area contributed by atoms with Gasteiger partial charge in [-0.05, 0) is 49.8 Å². The minimum atomic E-state index is 0.369. The number of ether oxygens (including phenoxy) is 1. The summed E-state index contributed by atoms with van der Waals surface area (Å²) in [5, 5.41) is 6.73. The van der Waals surface area contributed by atoms with Gasteiger partial charge < -0.3 is 15.4 Å². The van der Waals surface area contributed by atoms with Crippen molar-refractivity contribution in [1.82, 2.24) is 20.6 Å². The summed E-state index contributed by atoms with van der Waals surface area (Å²) >= 11 is 0. The van der Waals surface area contributed by atoms with Crippen molar-refractivity contribution in [2.45, 2.75) is 19.9 Å². The third kappa shape index (κ3) is 5.89. The first kappa shape index (κ1) is 15.4. The highest BCUT2D eigenvalue weighted by Crippen LogP contribution is 2.18. The zero-order valence-electron chi connectivity index (χ0n) is 12.4. The highest BCUT2D eigenvalue weighted by molar-refractivity contribution is 5.30. The average molecular weight is 286 g/mol. The van der Waals surface area contributed by atoms with Crippen LogP contribution in [0.3, 0.4) is 0 Å². The van der Waals surface area contributed by atoms with Crippen LogP contribution in [0.5, 0.6) is 11.8 Å². The summed E-state index contributed by atoms with van der Waals surface area (Å²) in [5.74, 6) is 0.758. The van der Waals surface area contributed by atoms with Crippen molar-refractivity contribution in [3.05, 3.63) is 48.3 Å². The smallest absolute Gasteiger partial charge is 0.321 e. The molecule has 0 aliphatic heterocycles. The predicted molar refractivity (Wildman–Crippen MR) is 83.4 cm³/mol. The van der Waals surface area contributed by atoms with Gasteiger partial charge in [-0.15, -0.1) is 0 Å². The van der Waals surface area contributed by atoms with Crippen molar-refractivity contribution in [2.24, 2.45) is 0 Å². The number of rotatable bonds is 9. The number of hydrogen-bond donors (Lipinski definition) is 2. The molecule has 5 heteroatoms. The van der Waals surface area contributed by atoms with Gasteiger partial charge in [0.05, 0.1) is 0 Å². The van der Waals surface area contributed by atoms with E-state index in [0.717, 1.165) is 38.3 Å². The minimum absolute atomic E-state index is 0.369. The molecule has 0 spiro atoms. The molecule has 0 radical (unpaired) electrons. The second-order valence-electron chi connectivity index (χ2n) is 4.66. The van der Waals surface area contributed by atoms with E-state index in [1.54, 1.807) is 18.5 Å². The molecule has 2 rings (SSSR count). The fraction of sp³-hybridized carbons (Fsp3) is 0.375. The van der Waals surface area contributed by atoms with Gasteiger partial charge in [-0.1, -0.05) is 19.1 Å². The molecule has 0 bridgehead atoms. The van der Waals surface area contributed by atoms with Crippen molar-refractivity contribution in [3.63, 3.8) is 0 Å². The third-order valence-corrected chi connectivity index (χ3v) is 2.94. The molecule has 2 aromatic rings. The third-order valence-electron chi connectivity index (χ3n) is 2.94. The molecule has 21 heavy (non-hydrogen) atoms. The standard InChI is InChI=1S/C16H22N4O/c1-2-17-8-4-9-18-13-14-6-3-7-15(12-14)21-16-19-10-5-11-20-16/h3,5-7,10-12,17-18H,2,4,8-9,13H2,1H3. The van der Waals surface area contributed by atoms with E-state index in [4.69, 9.17) is 4.74 Å². The maximum absolute atomic E-state index is 5.62. The van der Waals surface area contributed by atoms with Gasteiger partial charge in [-0.2, -0.15) is 0 Å².